The number of hydrogen-bond donors (Lipinski definition) is 2. The first kappa shape index (κ1) is 19.3. The molecule has 28 heavy (non-hydrogen) atoms. The molecule has 4 rings (SSSR count). The number of amides is 1. The van der Waals surface area contributed by atoms with Gasteiger partial charge in [-0.25, -0.2) is 4.98 Å². The fourth-order valence-electron chi connectivity index (χ4n) is 4.14. The molecule has 0 aromatic carbocycles. The lowest BCUT2D eigenvalue weighted by Crippen LogP contribution is -2.45. The summed E-state index contributed by atoms with van der Waals surface area (Å²) in [6, 6.07) is 2.98. The third-order valence-corrected chi connectivity index (χ3v) is 7.44. The van der Waals surface area contributed by atoms with Crippen LogP contribution in [0.2, 0.25) is 0 Å². The molecule has 148 valence electrons. The fourth-order valence-corrected chi connectivity index (χ4v) is 5.85. The molecule has 1 amide bonds. The fraction of sp³-hybridized carbons (Fsp3) is 0.450. The highest BCUT2D eigenvalue weighted by molar-refractivity contribution is 7.25. The van der Waals surface area contributed by atoms with E-state index < -0.39 is 5.91 Å². The Labute approximate surface area is 172 Å². The van der Waals surface area contributed by atoms with Gasteiger partial charge in [0, 0.05) is 40.8 Å². The summed E-state index contributed by atoms with van der Waals surface area (Å²) in [4.78, 5) is 26.5. The molecular weight excluding hydrogens is 390 g/mol. The number of rotatable bonds is 5. The van der Waals surface area contributed by atoms with Gasteiger partial charge >= 0.3 is 0 Å². The minimum atomic E-state index is -0.437. The number of thiazole rings is 1. The van der Waals surface area contributed by atoms with Crippen molar-refractivity contribution in [2.45, 2.75) is 57.7 Å². The van der Waals surface area contributed by atoms with Gasteiger partial charge in [-0.05, 0) is 45.6 Å². The Hall–Kier alpha value is -2.03. The number of nitrogens with two attached hydrogens (primary N) is 2. The minimum absolute atomic E-state index is 0.231. The smallest absolute Gasteiger partial charge is 0.252 e. The lowest BCUT2D eigenvalue weighted by Gasteiger charge is -2.41. The van der Waals surface area contributed by atoms with Crippen molar-refractivity contribution in [3.8, 4) is 9.75 Å². The Morgan fingerprint density at radius 1 is 1.21 bits per heavy atom. The maximum Gasteiger partial charge on any atom is 0.252 e. The Bertz CT molecular complexity index is 974. The molecule has 0 aliphatic heterocycles. The van der Waals surface area contributed by atoms with Gasteiger partial charge in [0.2, 0.25) is 0 Å². The molecule has 0 atom stereocenters. The molecule has 0 unspecified atom stereocenters. The van der Waals surface area contributed by atoms with Crippen molar-refractivity contribution in [2.75, 3.05) is 4.90 Å². The zero-order valence-electron chi connectivity index (χ0n) is 16.1. The Balaban J connectivity index is 1.88. The second-order valence-electron chi connectivity index (χ2n) is 7.65. The average Bonchev–Trinajstić information content (AvgIpc) is 3.32. The number of hydrogen-bond acceptors (Lipinski definition) is 7. The van der Waals surface area contributed by atoms with Crippen molar-refractivity contribution in [2.24, 2.45) is 11.5 Å². The van der Waals surface area contributed by atoms with Gasteiger partial charge in [-0.3, -0.25) is 9.78 Å². The molecule has 1 aliphatic rings. The van der Waals surface area contributed by atoms with Gasteiger partial charge in [-0.15, -0.1) is 22.7 Å². The zero-order valence-corrected chi connectivity index (χ0v) is 17.7. The van der Waals surface area contributed by atoms with Gasteiger partial charge in [0.25, 0.3) is 5.91 Å². The molecule has 0 saturated heterocycles. The third-order valence-electron chi connectivity index (χ3n) is 5.42. The summed E-state index contributed by atoms with van der Waals surface area (Å²) in [5.74, 6) is -0.437. The molecular formula is C20H25N5OS2. The number of fused-ring (bicyclic) bond motifs is 1. The molecule has 0 radical (unpaired) electrons. The average molecular weight is 416 g/mol. The van der Waals surface area contributed by atoms with Crippen LogP contribution in [-0.2, 0) is 0 Å². The first-order valence-electron chi connectivity index (χ1n) is 9.60. The lowest BCUT2D eigenvalue weighted by molar-refractivity contribution is 0.100. The van der Waals surface area contributed by atoms with Crippen molar-refractivity contribution >= 4 is 44.5 Å². The molecule has 3 aromatic rings. The molecule has 3 aromatic heterocycles. The summed E-state index contributed by atoms with van der Waals surface area (Å²) in [6.45, 7) is 4.34. The second kappa shape index (κ2) is 7.77. The van der Waals surface area contributed by atoms with E-state index in [2.05, 4.69) is 34.8 Å². The van der Waals surface area contributed by atoms with Crippen LogP contribution in [-0.4, -0.2) is 34.0 Å². The minimum Gasteiger partial charge on any atom is -0.365 e. The quantitative estimate of drug-likeness (QED) is 0.656. The Morgan fingerprint density at radius 2 is 1.96 bits per heavy atom. The number of anilines is 1. The number of pyridine rings is 1. The van der Waals surface area contributed by atoms with E-state index in [4.69, 9.17) is 11.5 Å². The molecule has 0 bridgehead atoms. The van der Waals surface area contributed by atoms with Crippen molar-refractivity contribution in [3.05, 3.63) is 29.5 Å². The summed E-state index contributed by atoms with van der Waals surface area (Å²) in [5.41, 5.74) is 15.1. The van der Waals surface area contributed by atoms with Crippen LogP contribution in [0.4, 0.5) is 5.69 Å². The summed E-state index contributed by atoms with van der Waals surface area (Å²) < 4.78 is 0. The highest BCUT2D eigenvalue weighted by atomic mass is 32.1. The van der Waals surface area contributed by atoms with Crippen LogP contribution in [0.5, 0.6) is 0 Å². The van der Waals surface area contributed by atoms with Crippen LogP contribution in [0.3, 0.4) is 0 Å². The molecule has 6 nitrogen and oxygen atoms in total. The van der Waals surface area contributed by atoms with Crippen molar-refractivity contribution in [1.82, 2.24) is 9.97 Å². The first-order chi connectivity index (χ1) is 13.5. The van der Waals surface area contributed by atoms with Gasteiger partial charge in [0.1, 0.15) is 4.83 Å². The maximum absolute atomic E-state index is 12.3. The highest BCUT2D eigenvalue weighted by Gasteiger charge is 2.30. The molecule has 3 heterocycles. The number of carbonyl (C=O) groups excluding carboxylic acids is 1. The van der Waals surface area contributed by atoms with E-state index in [-0.39, 0.29) is 12.1 Å². The van der Waals surface area contributed by atoms with Gasteiger partial charge in [0.05, 0.1) is 21.6 Å². The highest BCUT2D eigenvalue weighted by Crippen LogP contribution is 2.42. The lowest BCUT2D eigenvalue weighted by atomic mass is 9.89. The molecule has 0 spiro atoms. The van der Waals surface area contributed by atoms with Crippen LogP contribution in [0, 0.1) is 0 Å². The van der Waals surface area contributed by atoms with Gasteiger partial charge in [-0.2, -0.15) is 0 Å². The summed E-state index contributed by atoms with van der Waals surface area (Å²) in [7, 11) is 0. The molecule has 4 N–H and O–H groups in total. The normalized spacial score (nSPS) is 20.0. The third kappa shape index (κ3) is 3.52. The van der Waals surface area contributed by atoms with Crippen LogP contribution in [0.1, 0.15) is 49.9 Å². The van der Waals surface area contributed by atoms with Crippen LogP contribution in [0.25, 0.3) is 20.0 Å². The summed E-state index contributed by atoms with van der Waals surface area (Å²) in [5, 5.41) is 0.994. The molecule has 1 saturated carbocycles. The van der Waals surface area contributed by atoms with E-state index in [0.717, 1.165) is 51.3 Å². The van der Waals surface area contributed by atoms with Crippen molar-refractivity contribution in [3.63, 3.8) is 0 Å². The second-order valence-corrected chi connectivity index (χ2v) is 9.57. The monoisotopic (exact) mass is 415 g/mol. The number of thiophene rings is 1. The Morgan fingerprint density at radius 3 is 2.57 bits per heavy atom. The summed E-state index contributed by atoms with van der Waals surface area (Å²) in [6.07, 6.45) is 7.55. The SMILES string of the molecule is CC(C)N(c1c(C(N)=O)cnc2sc(-c3cncs3)cc12)C1CCC(N)CC1. The van der Waals surface area contributed by atoms with Crippen molar-refractivity contribution < 1.29 is 4.79 Å². The van der Waals surface area contributed by atoms with Crippen LogP contribution < -0.4 is 16.4 Å². The predicted molar refractivity (Wildman–Crippen MR) is 117 cm³/mol. The van der Waals surface area contributed by atoms with Crippen LogP contribution in [0.15, 0.2) is 24.0 Å². The van der Waals surface area contributed by atoms with Gasteiger partial charge < -0.3 is 16.4 Å². The van der Waals surface area contributed by atoms with E-state index >= 15 is 0 Å². The van der Waals surface area contributed by atoms with Gasteiger partial charge in [0.15, 0.2) is 0 Å². The van der Waals surface area contributed by atoms with E-state index in [9.17, 15) is 4.79 Å². The van der Waals surface area contributed by atoms with E-state index in [1.807, 2.05) is 11.7 Å². The number of primary amides is 1. The predicted octanol–water partition coefficient (Wildman–Crippen LogP) is 4.00. The summed E-state index contributed by atoms with van der Waals surface area (Å²) >= 11 is 3.23. The van der Waals surface area contributed by atoms with E-state index in [1.165, 1.54) is 0 Å². The molecule has 1 aliphatic carbocycles. The number of nitrogens with zero attached hydrogens (tertiary/aromatic N) is 3. The zero-order chi connectivity index (χ0) is 19.8. The molecule has 1 fully saturated rings. The number of aromatic nitrogens is 2. The topological polar surface area (TPSA) is 98.1 Å². The standard InChI is InChI=1S/C20H25N5OS2/c1-11(2)25(13-5-3-12(21)4-6-13)18-14-7-16(17-9-23-10-27-17)28-20(14)24-8-15(18)19(22)26/h7-13H,3-6,21H2,1-2H3,(H2,22,26). The Kier molecular flexibility index (Phi) is 5.35. The van der Waals surface area contributed by atoms with Gasteiger partial charge in [-0.1, -0.05) is 0 Å². The maximum atomic E-state index is 12.3. The molecule has 8 heteroatoms. The van der Waals surface area contributed by atoms with E-state index in [0.29, 0.717) is 11.6 Å². The first-order valence-corrected chi connectivity index (χ1v) is 11.3. The number of carbonyl (C=O) groups is 1. The largest absolute Gasteiger partial charge is 0.365 e. The van der Waals surface area contributed by atoms with Crippen molar-refractivity contribution in [1.29, 1.82) is 0 Å². The van der Waals surface area contributed by atoms with Crippen LogP contribution >= 0.6 is 22.7 Å². The van der Waals surface area contributed by atoms with E-state index in [1.54, 1.807) is 28.9 Å².